The van der Waals surface area contributed by atoms with Gasteiger partial charge in [-0.15, -0.1) is 0 Å². The summed E-state index contributed by atoms with van der Waals surface area (Å²) in [5, 5.41) is 3.01. The zero-order valence-corrected chi connectivity index (χ0v) is 16.8. The minimum atomic E-state index is -0.239. The minimum absolute atomic E-state index is 0.000320. The number of nitrogens with one attached hydrogen (secondary N) is 1. The number of carbonyl (C=O) groups is 2. The van der Waals surface area contributed by atoms with E-state index >= 15 is 0 Å². The molecule has 1 fully saturated rings. The van der Waals surface area contributed by atoms with Crippen molar-refractivity contribution < 1.29 is 14.3 Å². The lowest BCUT2D eigenvalue weighted by Crippen LogP contribution is -2.36. The van der Waals surface area contributed by atoms with Crippen LogP contribution in [0.15, 0.2) is 48.5 Å². The SMILES string of the molecule is CCCNC(=O)[C@H]1CN(C(=O)c2ccc(OC)cc2)C[C@H]1c1ccc(C)cc1. The van der Waals surface area contributed by atoms with E-state index in [1.54, 1.807) is 36.3 Å². The summed E-state index contributed by atoms with van der Waals surface area (Å²) >= 11 is 0. The number of rotatable bonds is 6. The number of methoxy groups -OCH3 is 1. The van der Waals surface area contributed by atoms with Crippen molar-refractivity contribution in [3.05, 3.63) is 65.2 Å². The Bertz CT molecular complexity index is 815. The van der Waals surface area contributed by atoms with Gasteiger partial charge in [0.2, 0.25) is 5.91 Å². The van der Waals surface area contributed by atoms with Crippen LogP contribution in [0.25, 0.3) is 0 Å². The lowest BCUT2D eigenvalue weighted by atomic mass is 9.88. The molecule has 1 N–H and O–H groups in total. The van der Waals surface area contributed by atoms with Gasteiger partial charge in [-0.1, -0.05) is 36.8 Å². The van der Waals surface area contributed by atoms with Crippen LogP contribution in [0.1, 0.15) is 40.7 Å². The van der Waals surface area contributed by atoms with Crippen LogP contribution >= 0.6 is 0 Å². The second-order valence-corrected chi connectivity index (χ2v) is 7.35. The topological polar surface area (TPSA) is 58.6 Å². The normalized spacial score (nSPS) is 18.8. The highest BCUT2D eigenvalue weighted by Gasteiger charge is 2.40. The van der Waals surface area contributed by atoms with Crippen LogP contribution in [0, 0.1) is 12.8 Å². The predicted molar refractivity (Wildman–Crippen MR) is 110 cm³/mol. The van der Waals surface area contributed by atoms with Crippen LogP contribution in [-0.4, -0.2) is 43.5 Å². The minimum Gasteiger partial charge on any atom is -0.497 e. The highest BCUT2D eigenvalue weighted by molar-refractivity contribution is 5.95. The van der Waals surface area contributed by atoms with Crippen molar-refractivity contribution in [1.29, 1.82) is 0 Å². The average molecular weight is 380 g/mol. The van der Waals surface area contributed by atoms with Crippen LogP contribution < -0.4 is 10.1 Å². The highest BCUT2D eigenvalue weighted by Crippen LogP contribution is 2.34. The molecule has 0 unspecified atom stereocenters. The largest absolute Gasteiger partial charge is 0.497 e. The Morgan fingerprint density at radius 1 is 1.07 bits per heavy atom. The van der Waals surface area contributed by atoms with Crippen molar-refractivity contribution in [2.24, 2.45) is 5.92 Å². The summed E-state index contributed by atoms with van der Waals surface area (Å²) in [5.74, 6) is 0.450. The summed E-state index contributed by atoms with van der Waals surface area (Å²) in [5.41, 5.74) is 2.89. The molecule has 2 atom stereocenters. The van der Waals surface area contributed by atoms with Crippen molar-refractivity contribution in [2.45, 2.75) is 26.2 Å². The average Bonchev–Trinajstić information content (AvgIpc) is 3.17. The Morgan fingerprint density at radius 2 is 1.75 bits per heavy atom. The number of hydrogen-bond donors (Lipinski definition) is 1. The van der Waals surface area contributed by atoms with Crippen molar-refractivity contribution in [3.63, 3.8) is 0 Å². The Balaban J connectivity index is 1.82. The van der Waals surface area contributed by atoms with Crippen LogP contribution in [-0.2, 0) is 4.79 Å². The summed E-state index contributed by atoms with van der Waals surface area (Å²) in [6, 6.07) is 15.4. The molecule has 5 nitrogen and oxygen atoms in total. The third-order valence-corrected chi connectivity index (χ3v) is 5.34. The van der Waals surface area contributed by atoms with E-state index in [1.807, 2.05) is 13.8 Å². The molecule has 1 aliphatic rings. The maximum Gasteiger partial charge on any atom is 0.253 e. The van der Waals surface area contributed by atoms with E-state index in [2.05, 4.69) is 29.6 Å². The zero-order valence-electron chi connectivity index (χ0n) is 16.8. The molecule has 148 valence electrons. The van der Waals surface area contributed by atoms with Crippen molar-refractivity contribution in [2.75, 3.05) is 26.7 Å². The fourth-order valence-electron chi connectivity index (χ4n) is 3.68. The molecule has 2 amide bonds. The number of aryl methyl sites for hydroxylation is 1. The van der Waals surface area contributed by atoms with Crippen molar-refractivity contribution in [3.8, 4) is 5.75 Å². The second kappa shape index (κ2) is 8.91. The van der Waals surface area contributed by atoms with Gasteiger partial charge in [-0.2, -0.15) is 0 Å². The molecule has 1 saturated heterocycles. The highest BCUT2D eigenvalue weighted by atomic mass is 16.5. The van der Waals surface area contributed by atoms with Crippen molar-refractivity contribution in [1.82, 2.24) is 10.2 Å². The molecule has 28 heavy (non-hydrogen) atoms. The lowest BCUT2D eigenvalue weighted by Gasteiger charge is -2.18. The van der Waals surface area contributed by atoms with Gasteiger partial charge >= 0.3 is 0 Å². The van der Waals surface area contributed by atoms with Crippen LogP contribution in [0.2, 0.25) is 0 Å². The molecule has 3 rings (SSSR count). The first kappa shape index (κ1) is 19.9. The molecule has 0 bridgehead atoms. The monoisotopic (exact) mass is 380 g/mol. The zero-order chi connectivity index (χ0) is 20.1. The number of benzene rings is 2. The van der Waals surface area contributed by atoms with Gasteiger partial charge in [-0.05, 0) is 43.2 Å². The molecule has 0 saturated carbocycles. The third kappa shape index (κ3) is 4.35. The molecular formula is C23H28N2O3. The number of carbonyl (C=O) groups excluding carboxylic acids is 2. The molecule has 2 aromatic carbocycles. The number of likely N-dealkylation sites (tertiary alicyclic amines) is 1. The number of hydrogen-bond acceptors (Lipinski definition) is 3. The molecule has 0 radical (unpaired) electrons. The summed E-state index contributed by atoms with van der Waals surface area (Å²) in [7, 11) is 1.60. The first-order chi connectivity index (χ1) is 13.5. The van der Waals surface area contributed by atoms with Crippen molar-refractivity contribution >= 4 is 11.8 Å². The Labute approximate surface area is 166 Å². The fraction of sp³-hybridized carbons (Fsp3) is 0.391. The number of ether oxygens (including phenoxy) is 1. The summed E-state index contributed by atoms with van der Waals surface area (Å²) in [6.45, 7) is 5.70. The summed E-state index contributed by atoms with van der Waals surface area (Å²) in [4.78, 5) is 27.6. The first-order valence-electron chi connectivity index (χ1n) is 9.81. The van der Waals surface area contributed by atoms with Gasteiger partial charge in [0.05, 0.1) is 13.0 Å². The van der Waals surface area contributed by atoms with Gasteiger partial charge in [0.15, 0.2) is 0 Å². The van der Waals surface area contributed by atoms with Gasteiger partial charge in [0, 0.05) is 31.1 Å². The summed E-state index contributed by atoms with van der Waals surface area (Å²) in [6.07, 6.45) is 0.891. The van der Waals surface area contributed by atoms with Crippen LogP contribution in [0.4, 0.5) is 0 Å². The van der Waals surface area contributed by atoms with E-state index in [0.717, 1.165) is 12.0 Å². The molecule has 1 heterocycles. The standard InChI is InChI=1S/C23H28N2O3/c1-4-13-24-22(26)21-15-25(14-20(21)17-7-5-16(2)6-8-17)23(27)18-9-11-19(28-3)12-10-18/h5-12,20-21H,4,13-15H2,1-3H3,(H,24,26)/t20-,21-/m0/s1. The first-order valence-corrected chi connectivity index (χ1v) is 9.81. The van der Waals surface area contributed by atoms with E-state index in [4.69, 9.17) is 4.74 Å². The fourth-order valence-corrected chi connectivity index (χ4v) is 3.68. The second-order valence-electron chi connectivity index (χ2n) is 7.35. The van der Waals surface area contributed by atoms with E-state index in [0.29, 0.717) is 30.9 Å². The van der Waals surface area contributed by atoms with Crippen LogP contribution in [0.3, 0.4) is 0 Å². The summed E-state index contributed by atoms with van der Waals surface area (Å²) < 4.78 is 5.17. The van der Waals surface area contributed by atoms with Crippen LogP contribution in [0.5, 0.6) is 5.75 Å². The lowest BCUT2D eigenvalue weighted by molar-refractivity contribution is -0.124. The molecular weight excluding hydrogens is 352 g/mol. The van der Waals surface area contributed by atoms with Gasteiger partial charge in [-0.3, -0.25) is 9.59 Å². The van der Waals surface area contributed by atoms with Gasteiger partial charge in [0.1, 0.15) is 5.75 Å². The molecule has 0 spiro atoms. The molecule has 5 heteroatoms. The maximum absolute atomic E-state index is 13.0. The quantitative estimate of drug-likeness (QED) is 0.836. The number of nitrogens with zero attached hydrogens (tertiary/aromatic N) is 1. The molecule has 0 aromatic heterocycles. The van der Waals surface area contributed by atoms with E-state index in [1.165, 1.54) is 5.56 Å². The number of amides is 2. The van der Waals surface area contributed by atoms with E-state index < -0.39 is 0 Å². The maximum atomic E-state index is 13.0. The Hall–Kier alpha value is -2.82. The third-order valence-electron chi connectivity index (χ3n) is 5.34. The van der Waals surface area contributed by atoms with E-state index in [-0.39, 0.29) is 23.7 Å². The predicted octanol–water partition coefficient (Wildman–Crippen LogP) is 3.39. The van der Waals surface area contributed by atoms with Gasteiger partial charge in [-0.25, -0.2) is 0 Å². The van der Waals surface area contributed by atoms with Gasteiger partial charge < -0.3 is 15.0 Å². The Kier molecular flexibility index (Phi) is 6.34. The van der Waals surface area contributed by atoms with E-state index in [9.17, 15) is 9.59 Å². The van der Waals surface area contributed by atoms with Gasteiger partial charge in [0.25, 0.3) is 5.91 Å². The molecule has 1 aliphatic heterocycles. The molecule has 2 aromatic rings. The Morgan fingerprint density at radius 3 is 2.36 bits per heavy atom. The smallest absolute Gasteiger partial charge is 0.253 e. The molecule has 0 aliphatic carbocycles.